The summed E-state index contributed by atoms with van der Waals surface area (Å²) in [5.74, 6) is -3.53. The van der Waals surface area contributed by atoms with Gasteiger partial charge in [-0.25, -0.2) is 9.59 Å². The molecule has 3 aliphatic rings. The van der Waals surface area contributed by atoms with E-state index in [2.05, 4.69) is 5.32 Å². The van der Waals surface area contributed by atoms with Crippen LogP contribution in [0.2, 0.25) is 0 Å². The van der Waals surface area contributed by atoms with Gasteiger partial charge in [-0.2, -0.15) is 13.2 Å². The molecule has 9 nitrogen and oxygen atoms in total. The number of carbonyl (C=O) groups excluding carboxylic acids is 4. The molecule has 0 spiro atoms. The zero-order valence-corrected chi connectivity index (χ0v) is 24.6. The molecule has 0 saturated carbocycles. The van der Waals surface area contributed by atoms with E-state index in [1.165, 1.54) is 18.4 Å². The summed E-state index contributed by atoms with van der Waals surface area (Å²) in [5.41, 5.74) is 2.00. The number of benzene rings is 2. The lowest BCUT2D eigenvalue weighted by Gasteiger charge is -2.51. The number of esters is 2. The standard InChI is InChI=1S/C29H31N2O5S.C2HF3O2/c1-35-29(34)27-23(14-17-37-27)26(30-22-10-6-3-7-11-22)28(33)36-25-19-31(15-12-21(25)13-16-31)18-24(32)20-8-4-2-5-9-20;3-2(4,5)1(6)7/h2-11,14,17,21,25-26,30H,12-13,15-16,18-19H2,1H3;(H,6,7)/q+1;/p-1/t21?,25-,26+,31?;/m0./s1. The fourth-order valence-electron chi connectivity index (χ4n) is 5.58. The minimum absolute atomic E-state index is 0.121. The molecule has 0 amide bonds. The molecule has 2 aromatic carbocycles. The predicted molar refractivity (Wildman–Crippen MR) is 153 cm³/mol. The lowest BCUT2D eigenvalue weighted by atomic mass is 9.82. The Morgan fingerprint density at radius 2 is 1.59 bits per heavy atom. The number of nitrogens with zero attached hydrogens (tertiary/aromatic N) is 1. The monoisotopic (exact) mass is 632 g/mol. The molecule has 44 heavy (non-hydrogen) atoms. The molecule has 0 unspecified atom stereocenters. The largest absolute Gasteiger partial charge is 0.542 e. The smallest absolute Gasteiger partial charge is 0.430 e. The number of hydrogen-bond donors (Lipinski definition) is 1. The maximum absolute atomic E-state index is 13.7. The van der Waals surface area contributed by atoms with Crippen LogP contribution in [0.1, 0.15) is 44.5 Å². The van der Waals surface area contributed by atoms with Crippen molar-refractivity contribution in [2.45, 2.75) is 31.2 Å². The van der Waals surface area contributed by atoms with Crippen LogP contribution in [0.25, 0.3) is 0 Å². The Balaban J connectivity index is 0.000000566. The van der Waals surface area contributed by atoms with Crippen molar-refractivity contribution in [2.75, 3.05) is 38.6 Å². The van der Waals surface area contributed by atoms with Gasteiger partial charge in [0.1, 0.15) is 23.9 Å². The van der Waals surface area contributed by atoms with E-state index in [1.807, 2.05) is 60.7 Å². The number of carboxylic acids is 1. The number of halogens is 3. The first kappa shape index (κ1) is 32.7. The quantitative estimate of drug-likeness (QED) is 0.213. The molecule has 3 aromatic rings. The first-order valence-electron chi connectivity index (χ1n) is 13.8. The molecule has 3 aliphatic heterocycles. The highest BCUT2D eigenvalue weighted by molar-refractivity contribution is 7.12. The van der Waals surface area contributed by atoms with Gasteiger partial charge in [0.05, 0.1) is 20.2 Å². The van der Waals surface area contributed by atoms with Gasteiger partial charge in [0, 0.05) is 35.6 Å². The number of carboxylic acid groups (broad SMARTS) is 1. The third kappa shape index (κ3) is 8.03. The average Bonchev–Trinajstić information content (AvgIpc) is 3.50. The molecule has 2 atom stereocenters. The number of Topliss-reactive ketones (excluding diaryl/α,β-unsaturated/α-hetero) is 1. The van der Waals surface area contributed by atoms with Crippen LogP contribution in [-0.4, -0.2) is 73.7 Å². The molecule has 13 heteroatoms. The van der Waals surface area contributed by atoms with Crippen molar-refractivity contribution in [1.82, 2.24) is 0 Å². The number of rotatable bonds is 9. The predicted octanol–water partition coefficient (Wildman–Crippen LogP) is 4.02. The van der Waals surface area contributed by atoms with Gasteiger partial charge in [0.15, 0.2) is 12.1 Å². The van der Waals surface area contributed by atoms with Crippen LogP contribution in [0.5, 0.6) is 0 Å². The molecule has 3 fully saturated rings. The number of quaternary nitrogens is 1. The summed E-state index contributed by atoms with van der Waals surface area (Å²) in [4.78, 5) is 48.3. The van der Waals surface area contributed by atoms with E-state index < -0.39 is 30.1 Å². The summed E-state index contributed by atoms with van der Waals surface area (Å²) in [7, 11) is 1.33. The van der Waals surface area contributed by atoms with Gasteiger partial charge in [0.25, 0.3) is 0 Å². The number of ether oxygens (including phenoxy) is 2. The fourth-order valence-corrected chi connectivity index (χ4v) is 6.44. The van der Waals surface area contributed by atoms with Crippen LogP contribution in [0.4, 0.5) is 18.9 Å². The van der Waals surface area contributed by atoms with E-state index in [-0.39, 0.29) is 17.8 Å². The summed E-state index contributed by atoms with van der Waals surface area (Å²) in [5, 5.41) is 13.8. The van der Waals surface area contributed by atoms with Gasteiger partial charge in [-0.1, -0.05) is 48.5 Å². The number of methoxy groups -OCH3 is 1. The van der Waals surface area contributed by atoms with Gasteiger partial charge < -0.3 is 29.2 Å². The number of anilines is 1. The number of ketones is 1. The molecule has 3 saturated heterocycles. The Kier molecular flexibility index (Phi) is 10.4. The van der Waals surface area contributed by atoms with Gasteiger partial charge >= 0.3 is 18.1 Å². The highest BCUT2D eigenvalue weighted by Crippen LogP contribution is 2.37. The van der Waals surface area contributed by atoms with Crippen molar-refractivity contribution in [2.24, 2.45) is 5.92 Å². The number of hydrogen-bond acceptors (Lipinski definition) is 9. The first-order chi connectivity index (χ1) is 20.9. The highest BCUT2D eigenvalue weighted by atomic mass is 32.1. The molecular weight excluding hydrogens is 601 g/mol. The Morgan fingerprint density at radius 3 is 2.16 bits per heavy atom. The van der Waals surface area contributed by atoms with Crippen molar-refractivity contribution >= 4 is 40.7 Å². The minimum atomic E-state index is -5.19. The van der Waals surface area contributed by atoms with E-state index in [0.29, 0.717) is 28.0 Å². The van der Waals surface area contributed by atoms with Crippen LogP contribution in [0, 0.1) is 5.92 Å². The number of nitrogens with one attached hydrogen (secondary N) is 1. The summed E-state index contributed by atoms with van der Waals surface area (Å²) in [6.45, 7) is 2.87. The molecule has 2 bridgehead atoms. The van der Waals surface area contributed by atoms with Crippen LogP contribution < -0.4 is 10.4 Å². The molecule has 6 rings (SSSR count). The van der Waals surface area contributed by atoms with Crippen molar-refractivity contribution in [3.63, 3.8) is 0 Å². The number of fused-ring (bicyclic) bond motifs is 3. The summed E-state index contributed by atoms with van der Waals surface area (Å²) in [6, 6.07) is 19.7. The number of aliphatic carboxylic acids is 1. The Bertz CT molecular complexity index is 1460. The minimum Gasteiger partial charge on any atom is -0.542 e. The Morgan fingerprint density at radius 1 is 1.00 bits per heavy atom. The summed E-state index contributed by atoms with van der Waals surface area (Å²) >= 11 is 1.24. The zero-order valence-electron chi connectivity index (χ0n) is 23.7. The van der Waals surface area contributed by atoms with Crippen molar-refractivity contribution in [1.29, 1.82) is 0 Å². The maximum atomic E-state index is 13.7. The third-order valence-corrected chi connectivity index (χ3v) is 8.72. The lowest BCUT2D eigenvalue weighted by Crippen LogP contribution is -2.65. The number of thiophene rings is 1. The number of alkyl halides is 3. The molecule has 1 aromatic heterocycles. The molecular formula is C31H31F3N2O7S. The van der Waals surface area contributed by atoms with Crippen LogP contribution in [0.15, 0.2) is 72.1 Å². The second-order valence-electron chi connectivity index (χ2n) is 10.7. The van der Waals surface area contributed by atoms with Gasteiger partial charge in [-0.05, 0) is 23.6 Å². The highest BCUT2D eigenvalue weighted by Gasteiger charge is 2.49. The maximum Gasteiger partial charge on any atom is 0.430 e. The third-order valence-electron chi connectivity index (χ3n) is 7.81. The average molecular weight is 633 g/mol. The van der Waals surface area contributed by atoms with Crippen molar-refractivity contribution < 1.29 is 51.4 Å². The zero-order chi connectivity index (χ0) is 31.9. The van der Waals surface area contributed by atoms with Gasteiger partial charge in [-0.15, -0.1) is 11.3 Å². The first-order valence-corrected chi connectivity index (χ1v) is 14.7. The SMILES string of the molecule is COC(=O)c1sccc1[C@@H](Nc1ccccc1)C(=O)O[C@H]1C[N+]2(CC(=O)c3ccccc3)CCC1CC2.O=C([O-])C(F)(F)F. The number of carbonyl (C=O) groups is 4. The second-order valence-corrected chi connectivity index (χ2v) is 11.6. The topological polar surface area (TPSA) is 122 Å². The number of para-hydroxylation sites is 1. The van der Waals surface area contributed by atoms with E-state index in [1.54, 1.807) is 11.4 Å². The van der Waals surface area contributed by atoms with E-state index >= 15 is 0 Å². The molecule has 0 radical (unpaired) electrons. The van der Waals surface area contributed by atoms with E-state index in [0.717, 1.165) is 37.2 Å². The Hall–Kier alpha value is -4.23. The fraction of sp³-hybridized carbons (Fsp3) is 0.355. The molecule has 234 valence electrons. The van der Waals surface area contributed by atoms with Gasteiger partial charge in [0.2, 0.25) is 5.78 Å². The second kappa shape index (κ2) is 14.0. The molecule has 1 N–H and O–H groups in total. The number of piperidine rings is 3. The summed E-state index contributed by atoms with van der Waals surface area (Å²) in [6.07, 6.45) is -3.63. The van der Waals surface area contributed by atoms with Crippen molar-refractivity contribution in [3.8, 4) is 0 Å². The van der Waals surface area contributed by atoms with Crippen LogP contribution in [-0.2, 0) is 19.1 Å². The van der Waals surface area contributed by atoms with E-state index in [4.69, 9.17) is 19.4 Å². The molecule has 0 aliphatic carbocycles. The molecule has 4 heterocycles. The summed E-state index contributed by atoms with van der Waals surface area (Å²) < 4.78 is 43.3. The van der Waals surface area contributed by atoms with Crippen molar-refractivity contribution in [3.05, 3.63) is 88.1 Å². The normalized spacial score (nSPS) is 21.3. The van der Waals surface area contributed by atoms with Gasteiger partial charge in [-0.3, -0.25) is 4.79 Å². The Labute approximate surface area is 255 Å². The van der Waals surface area contributed by atoms with Crippen LogP contribution >= 0.6 is 11.3 Å². The van der Waals surface area contributed by atoms with E-state index in [9.17, 15) is 27.6 Å². The van der Waals surface area contributed by atoms with Crippen LogP contribution in [0.3, 0.4) is 0 Å². The lowest BCUT2D eigenvalue weighted by molar-refractivity contribution is -0.938.